The van der Waals surface area contributed by atoms with Crippen LogP contribution in [-0.4, -0.2) is 23.8 Å². The van der Waals surface area contributed by atoms with Crippen molar-refractivity contribution in [3.05, 3.63) is 35.4 Å². The number of hydrogen-bond donors (Lipinski definition) is 2. The first kappa shape index (κ1) is 12.1. The lowest BCUT2D eigenvalue weighted by Gasteiger charge is -2.24. The molecule has 2 rings (SSSR count). The molecule has 3 heteroatoms. The number of hydrogen-bond acceptors (Lipinski definition) is 2. The quantitative estimate of drug-likeness (QED) is 0.617. The molecule has 0 unspecified atom stereocenters. The number of nitrogens with zero attached hydrogens (tertiary/aromatic N) is 1. The summed E-state index contributed by atoms with van der Waals surface area (Å²) in [6.45, 7) is 0.989. The Kier molecular flexibility index (Phi) is 3.79. The molecule has 0 spiro atoms. The van der Waals surface area contributed by atoms with Crippen molar-refractivity contribution in [3.8, 4) is 0 Å². The topological polar surface area (TPSA) is 53.1 Å². The lowest BCUT2D eigenvalue weighted by molar-refractivity contribution is 0.237. The molecule has 0 saturated heterocycles. The smallest absolute Gasteiger partial charge is 0.122 e. The maximum Gasteiger partial charge on any atom is 0.122 e. The molecule has 1 aromatic carbocycles. The fourth-order valence-corrected chi connectivity index (χ4v) is 2.55. The molecule has 0 heterocycles. The van der Waals surface area contributed by atoms with Crippen LogP contribution in [0.4, 0.5) is 0 Å². The van der Waals surface area contributed by atoms with Crippen LogP contribution < -0.4 is 5.73 Å². The van der Waals surface area contributed by atoms with Crippen molar-refractivity contribution in [2.45, 2.75) is 38.3 Å². The Morgan fingerprint density at radius 3 is 2.41 bits per heavy atom. The number of amidine groups is 1. The van der Waals surface area contributed by atoms with Gasteiger partial charge in [0.1, 0.15) is 5.84 Å². The summed E-state index contributed by atoms with van der Waals surface area (Å²) in [5, 5.41) is 7.35. The van der Waals surface area contributed by atoms with Crippen LogP contribution in [0.1, 0.15) is 36.8 Å². The van der Waals surface area contributed by atoms with Gasteiger partial charge in [-0.15, -0.1) is 0 Å². The molecule has 0 bridgehead atoms. The van der Waals surface area contributed by atoms with Gasteiger partial charge in [-0.1, -0.05) is 37.1 Å². The van der Waals surface area contributed by atoms with Gasteiger partial charge in [-0.25, -0.2) is 0 Å². The number of rotatable bonds is 4. The highest BCUT2D eigenvalue weighted by molar-refractivity contribution is 5.94. The summed E-state index contributed by atoms with van der Waals surface area (Å²) in [6, 6.07) is 8.76. The molecule has 0 aromatic heterocycles. The first-order valence-electron chi connectivity index (χ1n) is 6.30. The molecular formula is C14H21N3. The van der Waals surface area contributed by atoms with Crippen molar-refractivity contribution in [1.82, 2.24) is 4.90 Å². The van der Waals surface area contributed by atoms with Crippen molar-refractivity contribution in [3.63, 3.8) is 0 Å². The van der Waals surface area contributed by atoms with Gasteiger partial charge in [0.25, 0.3) is 0 Å². The molecule has 3 nitrogen and oxygen atoms in total. The second-order valence-electron chi connectivity index (χ2n) is 4.96. The van der Waals surface area contributed by atoms with E-state index in [1.54, 1.807) is 0 Å². The van der Waals surface area contributed by atoms with Crippen molar-refractivity contribution in [1.29, 1.82) is 5.41 Å². The van der Waals surface area contributed by atoms with E-state index in [0.29, 0.717) is 0 Å². The number of nitrogen functional groups attached to an aromatic ring is 1. The zero-order valence-electron chi connectivity index (χ0n) is 10.4. The molecule has 1 aromatic rings. The van der Waals surface area contributed by atoms with Crippen molar-refractivity contribution >= 4 is 5.84 Å². The van der Waals surface area contributed by atoms with Crippen LogP contribution in [0.25, 0.3) is 0 Å². The molecular weight excluding hydrogens is 210 g/mol. The summed E-state index contributed by atoms with van der Waals surface area (Å²) in [5.41, 5.74) is 7.54. The maximum atomic E-state index is 7.35. The highest BCUT2D eigenvalue weighted by Crippen LogP contribution is 2.23. The summed E-state index contributed by atoms with van der Waals surface area (Å²) in [5.74, 6) is 0.140. The van der Waals surface area contributed by atoms with E-state index in [1.807, 2.05) is 12.1 Å². The van der Waals surface area contributed by atoms with Crippen LogP contribution in [0.15, 0.2) is 24.3 Å². The number of benzene rings is 1. The van der Waals surface area contributed by atoms with Gasteiger partial charge in [-0.3, -0.25) is 10.3 Å². The molecule has 92 valence electrons. The summed E-state index contributed by atoms with van der Waals surface area (Å²) in [4.78, 5) is 2.44. The third kappa shape index (κ3) is 3.07. The van der Waals surface area contributed by atoms with Crippen LogP contribution in [0.2, 0.25) is 0 Å². The van der Waals surface area contributed by atoms with Crippen LogP contribution in [-0.2, 0) is 6.54 Å². The normalized spacial score (nSPS) is 16.6. The zero-order valence-corrected chi connectivity index (χ0v) is 10.4. The van der Waals surface area contributed by atoms with Crippen LogP contribution >= 0.6 is 0 Å². The molecule has 1 saturated carbocycles. The Morgan fingerprint density at radius 2 is 1.88 bits per heavy atom. The van der Waals surface area contributed by atoms with Crippen molar-refractivity contribution < 1.29 is 0 Å². The molecule has 0 aliphatic heterocycles. The molecule has 0 radical (unpaired) electrons. The molecule has 1 aliphatic rings. The lowest BCUT2D eigenvalue weighted by atomic mass is 10.1. The second-order valence-corrected chi connectivity index (χ2v) is 4.96. The van der Waals surface area contributed by atoms with Gasteiger partial charge in [-0.2, -0.15) is 0 Å². The SMILES string of the molecule is CN(Cc1ccc(C(=N)N)cc1)C1CCCC1. The minimum atomic E-state index is 0.140. The Labute approximate surface area is 103 Å². The van der Waals surface area contributed by atoms with E-state index in [1.165, 1.54) is 31.2 Å². The molecule has 0 atom stereocenters. The predicted molar refractivity (Wildman–Crippen MR) is 71.2 cm³/mol. The van der Waals surface area contributed by atoms with Crippen LogP contribution in [0.5, 0.6) is 0 Å². The van der Waals surface area contributed by atoms with E-state index in [4.69, 9.17) is 11.1 Å². The first-order valence-corrected chi connectivity index (χ1v) is 6.30. The van der Waals surface area contributed by atoms with E-state index in [9.17, 15) is 0 Å². The van der Waals surface area contributed by atoms with Crippen molar-refractivity contribution in [2.24, 2.45) is 5.73 Å². The Balaban J connectivity index is 1.96. The summed E-state index contributed by atoms with van der Waals surface area (Å²) < 4.78 is 0. The zero-order chi connectivity index (χ0) is 12.3. The Bertz CT molecular complexity index is 377. The minimum absolute atomic E-state index is 0.140. The van der Waals surface area contributed by atoms with Gasteiger partial charge in [0.05, 0.1) is 0 Å². The highest BCUT2D eigenvalue weighted by Gasteiger charge is 2.19. The molecule has 3 N–H and O–H groups in total. The standard InChI is InChI=1S/C14H21N3/c1-17(13-4-2-3-5-13)10-11-6-8-12(9-7-11)14(15)16/h6-9,13H,2-5,10H2,1H3,(H3,15,16). The van der Waals surface area contributed by atoms with E-state index < -0.39 is 0 Å². The highest BCUT2D eigenvalue weighted by atomic mass is 15.1. The maximum absolute atomic E-state index is 7.35. The molecule has 0 amide bonds. The van der Waals surface area contributed by atoms with E-state index in [0.717, 1.165) is 18.2 Å². The van der Waals surface area contributed by atoms with Gasteiger partial charge in [0.2, 0.25) is 0 Å². The minimum Gasteiger partial charge on any atom is -0.384 e. The van der Waals surface area contributed by atoms with Crippen LogP contribution in [0, 0.1) is 5.41 Å². The van der Waals surface area contributed by atoms with Crippen molar-refractivity contribution in [2.75, 3.05) is 7.05 Å². The first-order chi connectivity index (χ1) is 8.16. The third-order valence-corrected chi connectivity index (χ3v) is 3.64. The number of nitrogens with one attached hydrogen (secondary N) is 1. The van der Waals surface area contributed by atoms with Gasteiger partial charge in [0.15, 0.2) is 0 Å². The van der Waals surface area contributed by atoms with Crippen LogP contribution in [0.3, 0.4) is 0 Å². The fourth-order valence-electron chi connectivity index (χ4n) is 2.55. The Morgan fingerprint density at radius 1 is 1.29 bits per heavy atom. The van der Waals surface area contributed by atoms with Gasteiger partial charge >= 0.3 is 0 Å². The monoisotopic (exact) mass is 231 g/mol. The average Bonchev–Trinajstić information content (AvgIpc) is 2.83. The van der Waals surface area contributed by atoms with E-state index in [2.05, 4.69) is 24.1 Å². The molecule has 17 heavy (non-hydrogen) atoms. The van der Waals surface area contributed by atoms with E-state index >= 15 is 0 Å². The predicted octanol–water partition coefficient (Wildman–Crippen LogP) is 2.35. The molecule has 1 fully saturated rings. The largest absolute Gasteiger partial charge is 0.384 e. The number of nitrogens with two attached hydrogens (primary N) is 1. The molecule has 1 aliphatic carbocycles. The third-order valence-electron chi connectivity index (χ3n) is 3.64. The van der Waals surface area contributed by atoms with Gasteiger partial charge < -0.3 is 5.73 Å². The summed E-state index contributed by atoms with van der Waals surface area (Å²) in [7, 11) is 2.20. The van der Waals surface area contributed by atoms with Gasteiger partial charge in [-0.05, 0) is 25.5 Å². The summed E-state index contributed by atoms with van der Waals surface area (Å²) in [6.07, 6.45) is 5.42. The van der Waals surface area contributed by atoms with Gasteiger partial charge in [0, 0.05) is 18.2 Å². The Hall–Kier alpha value is -1.35. The second kappa shape index (κ2) is 5.32. The summed E-state index contributed by atoms with van der Waals surface area (Å²) >= 11 is 0. The lowest BCUT2D eigenvalue weighted by Crippen LogP contribution is -2.28. The van der Waals surface area contributed by atoms with E-state index in [-0.39, 0.29) is 5.84 Å². The fraction of sp³-hybridized carbons (Fsp3) is 0.500. The average molecular weight is 231 g/mol.